The second kappa shape index (κ2) is 7.17. The number of hydrogen-bond acceptors (Lipinski definition) is 4. The fraction of sp³-hybridized carbons (Fsp3) is 0.412. The van der Waals surface area contributed by atoms with E-state index in [2.05, 4.69) is 10.3 Å². The van der Waals surface area contributed by atoms with Gasteiger partial charge in [-0.05, 0) is 27.2 Å². The minimum Gasteiger partial charge on any atom is -0.444 e. The highest BCUT2D eigenvalue weighted by Crippen LogP contribution is 2.19. The van der Waals surface area contributed by atoms with Gasteiger partial charge in [-0.15, -0.1) is 0 Å². The van der Waals surface area contributed by atoms with Gasteiger partial charge in [0.05, 0.1) is 5.69 Å². The van der Waals surface area contributed by atoms with E-state index in [1.165, 1.54) is 0 Å². The molecule has 124 valence electrons. The highest BCUT2D eigenvalue weighted by molar-refractivity contribution is 5.67. The van der Waals surface area contributed by atoms with Gasteiger partial charge in [0.25, 0.3) is 0 Å². The Bertz CT molecular complexity index is 644. The molecule has 0 unspecified atom stereocenters. The van der Waals surface area contributed by atoms with E-state index in [0.717, 1.165) is 17.7 Å². The molecule has 1 amide bonds. The first-order valence-corrected chi connectivity index (χ1v) is 7.70. The van der Waals surface area contributed by atoms with E-state index >= 15 is 0 Å². The molecule has 6 nitrogen and oxygen atoms in total. The highest BCUT2D eigenvalue weighted by Gasteiger charge is 2.15. The molecule has 0 aliphatic carbocycles. The van der Waals surface area contributed by atoms with Crippen LogP contribution in [-0.2, 0) is 11.3 Å². The molecule has 1 aromatic carbocycles. The summed E-state index contributed by atoms with van der Waals surface area (Å²) in [4.78, 5) is 15.9. The molecule has 0 radical (unpaired) electrons. The first-order chi connectivity index (χ1) is 10.8. The lowest BCUT2D eigenvalue weighted by Gasteiger charge is -2.19. The zero-order valence-corrected chi connectivity index (χ0v) is 13.9. The third kappa shape index (κ3) is 5.32. The van der Waals surface area contributed by atoms with E-state index in [-0.39, 0.29) is 0 Å². The number of aryl methyl sites for hydroxylation is 1. The molecule has 3 N–H and O–H groups in total. The number of benzene rings is 1. The minimum atomic E-state index is -0.483. The molecule has 0 bridgehead atoms. The van der Waals surface area contributed by atoms with E-state index in [0.29, 0.717) is 19.0 Å². The lowest BCUT2D eigenvalue weighted by Crippen LogP contribution is -2.33. The van der Waals surface area contributed by atoms with Gasteiger partial charge in [0, 0.05) is 24.8 Å². The monoisotopic (exact) mass is 316 g/mol. The van der Waals surface area contributed by atoms with Gasteiger partial charge in [-0.2, -0.15) is 0 Å². The molecule has 23 heavy (non-hydrogen) atoms. The topological polar surface area (TPSA) is 82.2 Å². The van der Waals surface area contributed by atoms with Crippen molar-refractivity contribution >= 4 is 12.0 Å². The van der Waals surface area contributed by atoms with Gasteiger partial charge in [-0.3, -0.25) is 0 Å². The number of imidazole rings is 1. The second-order valence-corrected chi connectivity index (χ2v) is 6.33. The SMILES string of the molecule is CC(C)(C)OC(=O)NCCCn1cc(-c2ccccc2)nc1N. The van der Waals surface area contributed by atoms with Crippen molar-refractivity contribution in [2.75, 3.05) is 12.3 Å². The molecular weight excluding hydrogens is 292 g/mol. The normalized spacial score (nSPS) is 11.3. The van der Waals surface area contributed by atoms with Crippen LogP contribution < -0.4 is 11.1 Å². The van der Waals surface area contributed by atoms with Crippen molar-refractivity contribution in [2.45, 2.75) is 39.3 Å². The predicted octanol–water partition coefficient (Wildman–Crippen LogP) is 3.05. The highest BCUT2D eigenvalue weighted by atomic mass is 16.6. The molecule has 2 rings (SSSR count). The van der Waals surface area contributed by atoms with Crippen LogP contribution in [0, 0.1) is 0 Å². The Morgan fingerprint density at radius 3 is 2.65 bits per heavy atom. The zero-order chi connectivity index (χ0) is 16.9. The van der Waals surface area contributed by atoms with Crippen LogP contribution in [0.2, 0.25) is 0 Å². The number of nitrogens with two attached hydrogens (primary N) is 1. The number of nitrogen functional groups attached to an aromatic ring is 1. The average molecular weight is 316 g/mol. The number of ether oxygens (including phenoxy) is 1. The third-order valence-corrected chi connectivity index (χ3v) is 3.12. The molecule has 0 saturated heterocycles. The maximum atomic E-state index is 11.5. The van der Waals surface area contributed by atoms with E-state index in [1.54, 1.807) is 0 Å². The van der Waals surface area contributed by atoms with E-state index in [1.807, 2.05) is 61.9 Å². The van der Waals surface area contributed by atoms with Gasteiger partial charge in [0.2, 0.25) is 5.95 Å². The molecule has 0 aliphatic rings. The molecule has 6 heteroatoms. The smallest absolute Gasteiger partial charge is 0.407 e. The van der Waals surface area contributed by atoms with Crippen molar-refractivity contribution in [3.8, 4) is 11.3 Å². The Labute approximate surface area is 136 Å². The fourth-order valence-corrected chi connectivity index (χ4v) is 2.11. The van der Waals surface area contributed by atoms with Crippen molar-refractivity contribution in [1.29, 1.82) is 0 Å². The summed E-state index contributed by atoms with van der Waals surface area (Å²) in [7, 11) is 0. The molecule has 0 saturated carbocycles. The molecule has 0 aliphatic heterocycles. The average Bonchev–Trinajstić information content (AvgIpc) is 2.84. The number of hydrogen-bond donors (Lipinski definition) is 2. The molecule has 0 spiro atoms. The second-order valence-electron chi connectivity index (χ2n) is 6.33. The molecule has 0 fully saturated rings. The van der Waals surface area contributed by atoms with E-state index in [9.17, 15) is 4.79 Å². The minimum absolute atomic E-state index is 0.402. The Morgan fingerprint density at radius 2 is 2.00 bits per heavy atom. The summed E-state index contributed by atoms with van der Waals surface area (Å²) in [6.07, 6.45) is 2.27. The fourth-order valence-electron chi connectivity index (χ4n) is 2.11. The maximum Gasteiger partial charge on any atom is 0.407 e. The number of nitrogens with one attached hydrogen (secondary N) is 1. The summed E-state index contributed by atoms with van der Waals surface area (Å²) in [5.74, 6) is 0.473. The van der Waals surface area contributed by atoms with Gasteiger partial charge in [-0.1, -0.05) is 30.3 Å². The standard InChI is InChI=1S/C17H24N4O2/c1-17(2,3)23-16(22)19-10-7-11-21-12-14(20-15(21)18)13-8-5-4-6-9-13/h4-6,8-9,12H,7,10-11H2,1-3H3,(H2,18,20)(H,19,22). The number of carbonyl (C=O) groups is 1. The Hall–Kier alpha value is -2.50. The number of nitrogens with zero attached hydrogens (tertiary/aromatic N) is 2. The van der Waals surface area contributed by atoms with Crippen molar-refractivity contribution in [1.82, 2.24) is 14.9 Å². The van der Waals surface area contributed by atoms with Gasteiger partial charge < -0.3 is 20.4 Å². The molecular formula is C17H24N4O2. The van der Waals surface area contributed by atoms with Crippen molar-refractivity contribution < 1.29 is 9.53 Å². The number of carbonyl (C=O) groups excluding carboxylic acids is 1. The molecule has 2 aromatic rings. The summed E-state index contributed by atoms with van der Waals surface area (Å²) in [5, 5.41) is 2.73. The van der Waals surface area contributed by atoms with E-state index in [4.69, 9.17) is 10.5 Å². The molecule has 1 aromatic heterocycles. The van der Waals surface area contributed by atoms with Gasteiger partial charge in [-0.25, -0.2) is 9.78 Å². The van der Waals surface area contributed by atoms with Crippen LogP contribution in [0.1, 0.15) is 27.2 Å². The number of rotatable bonds is 5. The van der Waals surface area contributed by atoms with Gasteiger partial charge >= 0.3 is 6.09 Å². The summed E-state index contributed by atoms with van der Waals surface area (Å²) in [6.45, 7) is 6.71. The summed E-state index contributed by atoms with van der Waals surface area (Å²) >= 11 is 0. The first-order valence-electron chi connectivity index (χ1n) is 7.70. The quantitative estimate of drug-likeness (QED) is 0.831. The number of amides is 1. The van der Waals surface area contributed by atoms with Gasteiger partial charge in [0.1, 0.15) is 5.60 Å². The Morgan fingerprint density at radius 1 is 1.30 bits per heavy atom. The largest absolute Gasteiger partial charge is 0.444 e. The third-order valence-electron chi connectivity index (χ3n) is 3.12. The lowest BCUT2D eigenvalue weighted by molar-refractivity contribution is 0.0527. The molecule has 0 atom stereocenters. The van der Waals surface area contributed by atoms with Crippen LogP contribution >= 0.6 is 0 Å². The number of anilines is 1. The summed E-state index contributed by atoms with van der Waals surface area (Å²) in [5.41, 5.74) is 7.34. The van der Waals surface area contributed by atoms with Crippen LogP contribution in [0.3, 0.4) is 0 Å². The van der Waals surface area contributed by atoms with Crippen LogP contribution in [0.4, 0.5) is 10.7 Å². The molecule has 1 heterocycles. The lowest BCUT2D eigenvalue weighted by atomic mass is 10.2. The van der Waals surface area contributed by atoms with Crippen molar-refractivity contribution in [3.05, 3.63) is 36.5 Å². The van der Waals surface area contributed by atoms with Crippen LogP contribution in [0.15, 0.2) is 36.5 Å². The van der Waals surface area contributed by atoms with Crippen molar-refractivity contribution in [3.63, 3.8) is 0 Å². The van der Waals surface area contributed by atoms with Crippen LogP contribution in [0.5, 0.6) is 0 Å². The van der Waals surface area contributed by atoms with Crippen LogP contribution in [-0.4, -0.2) is 27.8 Å². The summed E-state index contributed by atoms with van der Waals surface area (Å²) in [6, 6.07) is 9.89. The zero-order valence-electron chi connectivity index (χ0n) is 13.9. The van der Waals surface area contributed by atoms with Gasteiger partial charge in [0.15, 0.2) is 0 Å². The predicted molar refractivity (Wildman–Crippen MR) is 90.9 cm³/mol. The van der Waals surface area contributed by atoms with E-state index < -0.39 is 11.7 Å². The number of alkyl carbamates (subject to hydrolysis) is 1. The first kappa shape index (κ1) is 16.9. The van der Waals surface area contributed by atoms with Crippen molar-refractivity contribution in [2.24, 2.45) is 0 Å². The Kier molecular flexibility index (Phi) is 5.26. The maximum absolute atomic E-state index is 11.5. The van der Waals surface area contributed by atoms with Crippen LogP contribution in [0.25, 0.3) is 11.3 Å². The summed E-state index contributed by atoms with van der Waals surface area (Å²) < 4.78 is 7.07. The number of aromatic nitrogens is 2. The Balaban J connectivity index is 1.83.